The largest absolute Gasteiger partial charge is 0.357 e. The molecule has 138 valence electrons. The van der Waals surface area contributed by atoms with Crippen LogP contribution in [0.25, 0.3) is 0 Å². The van der Waals surface area contributed by atoms with Crippen LogP contribution in [0.15, 0.2) is 17.6 Å². The van der Waals surface area contributed by atoms with Crippen LogP contribution in [0.2, 0.25) is 0 Å². The molecule has 1 heterocycles. The average Bonchev–Trinajstić information content (AvgIpc) is 2.51. The van der Waals surface area contributed by atoms with Crippen molar-refractivity contribution >= 4 is 35.8 Å². The van der Waals surface area contributed by atoms with Gasteiger partial charge in [0.15, 0.2) is 5.96 Å². The Kier molecular flexibility index (Phi) is 10.3. The van der Waals surface area contributed by atoms with Gasteiger partial charge >= 0.3 is 0 Å². The van der Waals surface area contributed by atoms with E-state index in [1.165, 1.54) is 6.42 Å². The first-order chi connectivity index (χ1) is 11.2. The van der Waals surface area contributed by atoms with Crippen LogP contribution in [-0.4, -0.2) is 74.0 Å². The molecule has 24 heavy (non-hydrogen) atoms. The van der Waals surface area contributed by atoms with E-state index in [0.29, 0.717) is 18.4 Å². The summed E-state index contributed by atoms with van der Waals surface area (Å²) in [6.45, 7) is 12.7. The SMILES string of the molecule is C=CCNC(=NCCN1CCN(C(=O)C2CCC2)CC1)NCC.I. The zero-order chi connectivity index (χ0) is 16.5. The summed E-state index contributed by atoms with van der Waals surface area (Å²) in [5.41, 5.74) is 0. The second kappa shape index (κ2) is 11.7. The fourth-order valence-electron chi connectivity index (χ4n) is 2.92. The summed E-state index contributed by atoms with van der Waals surface area (Å²) in [5, 5.41) is 6.43. The summed E-state index contributed by atoms with van der Waals surface area (Å²) in [5.74, 6) is 1.55. The van der Waals surface area contributed by atoms with E-state index >= 15 is 0 Å². The van der Waals surface area contributed by atoms with Crippen molar-refractivity contribution in [3.05, 3.63) is 12.7 Å². The van der Waals surface area contributed by atoms with Gasteiger partial charge in [-0.25, -0.2) is 0 Å². The highest BCUT2D eigenvalue weighted by atomic mass is 127. The molecule has 0 aromatic carbocycles. The van der Waals surface area contributed by atoms with Gasteiger partial charge in [-0.3, -0.25) is 14.7 Å². The number of nitrogens with zero attached hydrogens (tertiary/aromatic N) is 3. The van der Waals surface area contributed by atoms with Gasteiger partial charge in [0.25, 0.3) is 0 Å². The van der Waals surface area contributed by atoms with Crippen LogP contribution in [0, 0.1) is 5.92 Å². The van der Waals surface area contributed by atoms with Crippen molar-refractivity contribution in [1.82, 2.24) is 20.4 Å². The number of hydrogen-bond acceptors (Lipinski definition) is 3. The molecular formula is C17H32IN5O. The molecule has 0 bridgehead atoms. The Labute approximate surface area is 163 Å². The fourth-order valence-corrected chi connectivity index (χ4v) is 2.92. The standard InChI is InChI=1S/C17H31N5O.HI/c1-3-8-19-17(18-4-2)20-9-10-21-11-13-22(14-12-21)16(23)15-6-5-7-15;/h3,15H,1,4-14H2,2H3,(H2,18,19,20);1H. The molecule has 6 nitrogen and oxygen atoms in total. The fraction of sp³-hybridized carbons (Fsp3) is 0.765. The zero-order valence-electron chi connectivity index (χ0n) is 14.8. The predicted molar refractivity (Wildman–Crippen MR) is 110 cm³/mol. The van der Waals surface area contributed by atoms with Crippen LogP contribution in [0.1, 0.15) is 26.2 Å². The maximum atomic E-state index is 12.2. The van der Waals surface area contributed by atoms with Gasteiger partial charge in [0.2, 0.25) is 5.91 Å². The molecule has 1 saturated heterocycles. The van der Waals surface area contributed by atoms with Crippen molar-refractivity contribution in [2.24, 2.45) is 10.9 Å². The second-order valence-electron chi connectivity index (χ2n) is 6.22. The van der Waals surface area contributed by atoms with Gasteiger partial charge in [0, 0.05) is 51.7 Å². The Balaban J connectivity index is 0.00000288. The van der Waals surface area contributed by atoms with E-state index in [-0.39, 0.29) is 24.0 Å². The molecule has 1 aliphatic carbocycles. The van der Waals surface area contributed by atoms with Crippen molar-refractivity contribution in [3.8, 4) is 0 Å². The molecule has 2 N–H and O–H groups in total. The van der Waals surface area contributed by atoms with Crippen molar-refractivity contribution in [2.45, 2.75) is 26.2 Å². The van der Waals surface area contributed by atoms with Crippen LogP contribution < -0.4 is 10.6 Å². The van der Waals surface area contributed by atoms with Gasteiger partial charge in [0.1, 0.15) is 0 Å². The third-order valence-electron chi connectivity index (χ3n) is 4.58. The minimum absolute atomic E-state index is 0. The molecule has 0 aromatic heterocycles. The molecule has 0 spiro atoms. The number of guanidine groups is 1. The molecule has 0 aromatic rings. The van der Waals surface area contributed by atoms with Crippen LogP contribution in [0.5, 0.6) is 0 Å². The van der Waals surface area contributed by atoms with Gasteiger partial charge in [-0.15, -0.1) is 30.6 Å². The summed E-state index contributed by atoms with van der Waals surface area (Å²) in [6, 6.07) is 0. The molecule has 0 unspecified atom stereocenters. The molecule has 1 saturated carbocycles. The van der Waals surface area contributed by atoms with Crippen molar-refractivity contribution in [3.63, 3.8) is 0 Å². The van der Waals surface area contributed by atoms with E-state index in [1.54, 1.807) is 0 Å². The molecule has 7 heteroatoms. The average molecular weight is 449 g/mol. The van der Waals surface area contributed by atoms with E-state index in [9.17, 15) is 4.79 Å². The smallest absolute Gasteiger partial charge is 0.225 e. The molecule has 2 aliphatic rings. The zero-order valence-corrected chi connectivity index (χ0v) is 17.1. The molecular weight excluding hydrogens is 417 g/mol. The normalized spacial score (nSPS) is 19.2. The molecule has 0 radical (unpaired) electrons. The summed E-state index contributed by atoms with van der Waals surface area (Å²) in [6.07, 6.45) is 5.24. The van der Waals surface area contributed by atoms with Crippen molar-refractivity contribution in [1.29, 1.82) is 0 Å². The maximum Gasteiger partial charge on any atom is 0.225 e. The van der Waals surface area contributed by atoms with Gasteiger partial charge in [-0.1, -0.05) is 12.5 Å². The highest BCUT2D eigenvalue weighted by molar-refractivity contribution is 14.0. The Morgan fingerprint density at radius 1 is 1.25 bits per heavy atom. The number of nitrogens with one attached hydrogen (secondary N) is 2. The number of carbonyl (C=O) groups excluding carboxylic acids is 1. The Bertz CT molecular complexity index is 417. The first kappa shape index (κ1) is 21.2. The lowest BCUT2D eigenvalue weighted by Gasteiger charge is -2.38. The van der Waals surface area contributed by atoms with Crippen LogP contribution in [0.4, 0.5) is 0 Å². The second-order valence-corrected chi connectivity index (χ2v) is 6.22. The number of aliphatic imine (C=N–C) groups is 1. The van der Waals surface area contributed by atoms with Crippen LogP contribution in [0.3, 0.4) is 0 Å². The molecule has 0 atom stereocenters. The number of piperazine rings is 1. The summed E-state index contributed by atoms with van der Waals surface area (Å²) in [4.78, 5) is 21.2. The topological polar surface area (TPSA) is 60.0 Å². The number of rotatable bonds is 7. The minimum atomic E-state index is 0. The molecule has 2 fully saturated rings. The molecule has 1 amide bonds. The van der Waals surface area contributed by atoms with Crippen molar-refractivity contribution < 1.29 is 4.79 Å². The van der Waals surface area contributed by atoms with Gasteiger partial charge in [-0.05, 0) is 19.8 Å². The highest BCUT2D eigenvalue weighted by Crippen LogP contribution is 2.28. The van der Waals surface area contributed by atoms with Crippen LogP contribution in [-0.2, 0) is 4.79 Å². The van der Waals surface area contributed by atoms with E-state index < -0.39 is 0 Å². The van der Waals surface area contributed by atoms with E-state index in [4.69, 9.17) is 0 Å². The monoisotopic (exact) mass is 449 g/mol. The predicted octanol–water partition coefficient (Wildman–Crippen LogP) is 1.29. The van der Waals surface area contributed by atoms with Gasteiger partial charge < -0.3 is 15.5 Å². The van der Waals surface area contributed by atoms with Crippen molar-refractivity contribution in [2.75, 3.05) is 52.4 Å². The Morgan fingerprint density at radius 3 is 2.50 bits per heavy atom. The number of hydrogen-bond donors (Lipinski definition) is 2. The lowest BCUT2D eigenvalue weighted by molar-refractivity contribution is -0.139. The number of amides is 1. The van der Waals surface area contributed by atoms with E-state index in [2.05, 4.69) is 38.9 Å². The summed E-state index contributed by atoms with van der Waals surface area (Å²) < 4.78 is 0. The summed E-state index contributed by atoms with van der Waals surface area (Å²) in [7, 11) is 0. The van der Waals surface area contributed by atoms with Gasteiger partial charge in [-0.2, -0.15) is 0 Å². The van der Waals surface area contributed by atoms with Gasteiger partial charge in [0.05, 0.1) is 6.54 Å². The quantitative estimate of drug-likeness (QED) is 0.266. The van der Waals surface area contributed by atoms with E-state index in [1.807, 2.05) is 6.08 Å². The lowest BCUT2D eigenvalue weighted by atomic mass is 9.84. The molecule has 2 rings (SSSR count). The Hall–Kier alpha value is -0.830. The number of carbonyl (C=O) groups is 1. The van der Waals surface area contributed by atoms with Crippen LogP contribution >= 0.6 is 24.0 Å². The highest BCUT2D eigenvalue weighted by Gasteiger charge is 2.30. The Morgan fingerprint density at radius 2 is 1.96 bits per heavy atom. The minimum Gasteiger partial charge on any atom is -0.357 e. The third kappa shape index (κ3) is 6.58. The third-order valence-corrected chi connectivity index (χ3v) is 4.58. The number of halogens is 1. The molecule has 1 aliphatic heterocycles. The first-order valence-corrected chi connectivity index (χ1v) is 8.88. The summed E-state index contributed by atoms with van der Waals surface area (Å²) >= 11 is 0. The first-order valence-electron chi connectivity index (χ1n) is 8.88. The van der Waals surface area contributed by atoms with E-state index in [0.717, 1.165) is 64.6 Å². The lowest BCUT2D eigenvalue weighted by Crippen LogP contribution is -2.51. The maximum absolute atomic E-state index is 12.2.